The van der Waals surface area contributed by atoms with E-state index in [2.05, 4.69) is 6.92 Å². The molecular weight excluding hydrogens is 202 g/mol. The molecule has 1 amide bonds. The molecule has 0 aromatic heterocycles. The lowest BCUT2D eigenvalue weighted by Crippen LogP contribution is -2.36. The SMILES string of the molecule is CC1CCC(CN(C)C(=O)OC(C)(C)C)C1. The first-order valence-corrected chi connectivity index (χ1v) is 6.22. The van der Waals surface area contributed by atoms with Crippen molar-refractivity contribution in [2.75, 3.05) is 13.6 Å². The molecule has 1 fully saturated rings. The molecular formula is C13H25NO2. The van der Waals surface area contributed by atoms with Crippen LogP contribution in [0.1, 0.15) is 47.0 Å². The second-order valence-electron chi connectivity index (χ2n) is 6.15. The van der Waals surface area contributed by atoms with Crippen LogP contribution in [0.3, 0.4) is 0 Å². The van der Waals surface area contributed by atoms with Gasteiger partial charge in [0.2, 0.25) is 0 Å². The highest BCUT2D eigenvalue weighted by Crippen LogP contribution is 2.30. The van der Waals surface area contributed by atoms with Crippen molar-refractivity contribution in [3.05, 3.63) is 0 Å². The largest absolute Gasteiger partial charge is 0.444 e. The number of carbonyl (C=O) groups excluding carboxylic acids is 1. The summed E-state index contributed by atoms with van der Waals surface area (Å²) in [5, 5.41) is 0. The summed E-state index contributed by atoms with van der Waals surface area (Å²) < 4.78 is 5.32. The zero-order valence-electron chi connectivity index (χ0n) is 11.2. The lowest BCUT2D eigenvalue weighted by molar-refractivity contribution is 0.0273. The van der Waals surface area contributed by atoms with Crippen LogP contribution in [0.2, 0.25) is 0 Å². The third kappa shape index (κ3) is 4.42. The fraction of sp³-hybridized carbons (Fsp3) is 0.923. The smallest absolute Gasteiger partial charge is 0.410 e. The number of rotatable bonds is 2. The number of carbonyl (C=O) groups is 1. The van der Waals surface area contributed by atoms with Crippen molar-refractivity contribution in [2.45, 2.75) is 52.6 Å². The third-order valence-corrected chi connectivity index (χ3v) is 3.04. The zero-order valence-corrected chi connectivity index (χ0v) is 11.2. The highest BCUT2D eigenvalue weighted by Gasteiger charge is 2.26. The lowest BCUT2D eigenvalue weighted by atomic mass is 10.1. The van der Waals surface area contributed by atoms with Crippen molar-refractivity contribution < 1.29 is 9.53 Å². The Kier molecular flexibility index (Phi) is 4.22. The second-order valence-corrected chi connectivity index (χ2v) is 6.15. The Morgan fingerprint density at radius 1 is 1.38 bits per heavy atom. The Hall–Kier alpha value is -0.730. The van der Waals surface area contributed by atoms with Gasteiger partial charge in [-0.2, -0.15) is 0 Å². The zero-order chi connectivity index (χ0) is 12.3. The molecule has 1 aliphatic carbocycles. The van der Waals surface area contributed by atoms with Crippen LogP contribution < -0.4 is 0 Å². The van der Waals surface area contributed by atoms with E-state index in [0.717, 1.165) is 12.5 Å². The molecule has 0 radical (unpaired) electrons. The molecule has 0 spiro atoms. The molecule has 94 valence electrons. The fourth-order valence-corrected chi connectivity index (χ4v) is 2.29. The van der Waals surface area contributed by atoms with Gasteiger partial charge in [-0.1, -0.05) is 13.3 Å². The maximum atomic E-state index is 11.7. The summed E-state index contributed by atoms with van der Waals surface area (Å²) in [4.78, 5) is 13.4. The summed E-state index contributed by atoms with van der Waals surface area (Å²) in [5.41, 5.74) is -0.395. The molecule has 3 nitrogen and oxygen atoms in total. The van der Waals surface area contributed by atoms with E-state index < -0.39 is 5.60 Å². The molecule has 0 aliphatic heterocycles. The maximum absolute atomic E-state index is 11.7. The highest BCUT2D eigenvalue weighted by atomic mass is 16.6. The predicted octanol–water partition coefficient (Wildman–Crippen LogP) is 3.29. The van der Waals surface area contributed by atoms with Gasteiger partial charge in [-0.05, 0) is 45.4 Å². The molecule has 0 aromatic carbocycles. The van der Waals surface area contributed by atoms with Crippen LogP contribution >= 0.6 is 0 Å². The van der Waals surface area contributed by atoms with Crippen molar-refractivity contribution in [3.63, 3.8) is 0 Å². The first-order valence-electron chi connectivity index (χ1n) is 6.22. The van der Waals surface area contributed by atoms with E-state index in [4.69, 9.17) is 4.74 Å². The summed E-state index contributed by atoms with van der Waals surface area (Å²) >= 11 is 0. The summed E-state index contributed by atoms with van der Waals surface area (Å²) in [6.45, 7) is 8.82. The Balaban J connectivity index is 2.34. The van der Waals surface area contributed by atoms with Crippen molar-refractivity contribution in [1.29, 1.82) is 0 Å². The Bertz CT molecular complexity index is 245. The van der Waals surface area contributed by atoms with Crippen LogP contribution in [0.15, 0.2) is 0 Å². The van der Waals surface area contributed by atoms with Gasteiger partial charge in [0.15, 0.2) is 0 Å². The average Bonchev–Trinajstić information content (AvgIpc) is 2.48. The van der Waals surface area contributed by atoms with E-state index >= 15 is 0 Å². The van der Waals surface area contributed by atoms with Crippen LogP contribution in [-0.2, 0) is 4.74 Å². The van der Waals surface area contributed by atoms with Gasteiger partial charge in [0.25, 0.3) is 0 Å². The normalized spacial score (nSPS) is 25.6. The van der Waals surface area contributed by atoms with Gasteiger partial charge in [-0.3, -0.25) is 0 Å². The highest BCUT2D eigenvalue weighted by molar-refractivity contribution is 5.67. The molecule has 3 heteroatoms. The molecule has 0 bridgehead atoms. The van der Waals surface area contributed by atoms with Gasteiger partial charge >= 0.3 is 6.09 Å². The van der Waals surface area contributed by atoms with E-state index in [0.29, 0.717) is 5.92 Å². The molecule has 16 heavy (non-hydrogen) atoms. The number of hydrogen-bond acceptors (Lipinski definition) is 2. The second kappa shape index (κ2) is 5.07. The minimum Gasteiger partial charge on any atom is -0.444 e. The fourth-order valence-electron chi connectivity index (χ4n) is 2.29. The van der Waals surface area contributed by atoms with E-state index in [9.17, 15) is 4.79 Å². The number of ether oxygens (including phenoxy) is 1. The molecule has 1 aliphatic rings. The number of amides is 1. The minimum absolute atomic E-state index is 0.202. The minimum atomic E-state index is -0.395. The first kappa shape index (κ1) is 13.3. The first-order chi connectivity index (χ1) is 7.28. The van der Waals surface area contributed by atoms with Crippen molar-refractivity contribution >= 4 is 6.09 Å². The van der Waals surface area contributed by atoms with E-state index in [1.165, 1.54) is 19.3 Å². The van der Waals surface area contributed by atoms with E-state index in [-0.39, 0.29) is 6.09 Å². The van der Waals surface area contributed by atoms with Crippen molar-refractivity contribution in [2.24, 2.45) is 11.8 Å². The quantitative estimate of drug-likeness (QED) is 0.724. The summed E-state index contributed by atoms with van der Waals surface area (Å²) in [6.07, 6.45) is 3.58. The summed E-state index contributed by atoms with van der Waals surface area (Å²) in [5.74, 6) is 1.48. The summed E-state index contributed by atoms with van der Waals surface area (Å²) in [7, 11) is 1.83. The van der Waals surface area contributed by atoms with Gasteiger partial charge in [0, 0.05) is 13.6 Å². The molecule has 2 unspecified atom stereocenters. The van der Waals surface area contributed by atoms with Gasteiger partial charge in [0.1, 0.15) is 5.60 Å². The van der Waals surface area contributed by atoms with Gasteiger partial charge < -0.3 is 9.64 Å². The molecule has 1 saturated carbocycles. The van der Waals surface area contributed by atoms with Gasteiger partial charge in [-0.25, -0.2) is 4.79 Å². The molecule has 0 aromatic rings. The molecule has 2 atom stereocenters. The summed E-state index contributed by atoms with van der Waals surface area (Å²) in [6, 6.07) is 0. The maximum Gasteiger partial charge on any atom is 0.410 e. The van der Waals surface area contributed by atoms with Crippen LogP contribution in [0.5, 0.6) is 0 Å². The standard InChI is InChI=1S/C13H25NO2/c1-10-6-7-11(8-10)9-14(5)12(15)16-13(2,3)4/h10-11H,6-9H2,1-5H3. The van der Waals surface area contributed by atoms with Crippen LogP contribution in [0.25, 0.3) is 0 Å². The van der Waals surface area contributed by atoms with Gasteiger partial charge in [-0.15, -0.1) is 0 Å². The van der Waals surface area contributed by atoms with Crippen LogP contribution in [0.4, 0.5) is 4.79 Å². The van der Waals surface area contributed by atoms with Crippen molar-refractivity contribution in [1.82, 2.24) is 4.90 Å². The van der Waals surface area contributed by atoms with E-state index in [1.807, 2.05) is 27.8 Å². The van der Waals surface area contributed by atoms with Crippen LogP contribution in [0, 0.1) is 11.8 Å². The molecule has 1 rings (SSSR count). The topological polar surface area (TPSA) is 29.5 Å². The van der Waals surface area contributed by atoms with E-state index in [1.54, 1.807) is 4.90 Å². The number of hydrogen-bond donors (Lipinski definition) is 0. The Morgan fingerprint density at radius 2 is 2.00 bits per heavy atom. The molecule has 0 N–H and O–H groups in total. The van der Waals surface area contributed by atoms with Crippen LogP contribution in [-0.4, -0.2) is 30.2 Å². The Labute approximate surface area is 99.1 Å². The monoisotopic (exact) mass is 227 g/mol. The molecule has 0 saturated heterocycles. The third-order valence-electron chi connectivity index (χ3n) is 3.04. The Morgan fingerprint density at radius 3 is 2.44 bits per heavy atom. The van der Waals surface area contributed by atoms with Crippen molar-refractivity contribution in [3.8, 4) is 0 Å². The average molecular weight is 227 g/mol. The molecule has 0 heterocycles. The lowest BCUT2D eigenvalue weighted by Gasteiger charge is -2.26. The number of nitrogens with zero attached hydrogens (tertiary/aromatic N) is 1. The predicted molar refractivity (Wildman–Crippen MR) is 65.4 cm³/mol. The van der Waals surface area contributed by atoms with Gasteiger partial charge in [0.05, 0.1) is 0 Å².